The van der Waals surface area contributed by atoms with Crippen LogP contribution in [-0.2, 0) is 0 Å². The summed E-state index contributed by atoms with van der Waals surface area (Å²) in [5, 5.41) is 12.1. The van der Waals surface area contributed by atoms with Crippen LogP contribution in [0.1, 0.15) is 11.1 Å². The van der Waals surface area contributed by atoms with Crippen LogP contribution in [0.15, 0.2) is 46.9 Å². The molecule has 0 fully saturated rings. The molecule has 0 aromatic heterocycles. The van der Waals surface area contributed by atoms with E-state index in [2.05, 4.69) is 46.4 Å². The lowest BCUT2D eigenvalue weighted by molar-refractivity contribution is 1.43. The average molecular weight is 287 g/mol. The largest absolute Gasteiger partial charge is 0.355 e. The third-order valence-electron chi connectivity index (χ3n) is 2.40. The Morgan fingerprint density at radius 3 is 2.65 bits per heavy atom. The van der Waals surface area contributed by atoms with Gasteiger partial charge in [0.05, 0.1) is 17.3 Å². The van der Waals surface area contributed by atoms with Crippen molar-refractivity contribution in [3.05, 3.63) is 58.1 Å². The van der Waals surface area contributed by atoms with Crippen LogP contribution in [0.5, 0.6) is 0 Å². The van der Waals surface area contributed by atoms with E-state index >= 15 is 0 Å². The summed E-state index contributed by atoms with van der Waals surface area (Å²) in [7, 11) is 0. The van der Waals surface area contributed by atoms with Gasteiger partial charge in [-0.15, -0.1) is 0 Å². The van der Waals surface area contributed by atoms with Gasteiger partial charge in [-0.1, -0.05) is 12.1 Å². The lowest BCUT2D eigenvalue weighted by Crippen LogP contribution is -1.92. The van der Waals surface area contributed by atoms with Crippen LogP contribution in [0.2, 0.25) is 0 Å². The van der Waals surface area contributed by atoms with Gasteiger partial charge in [0.15, 0.2) is 0 Å². The van der Waals surface area contributed by atoms with Gasteiger partial charge in [-0.2, -0.15) is 5.26 Å². The molecule has 0 aliphatic rings. The molecule has 0 unspecified atom stereocenters. The maximum atomic E-state index is 8.79. The number of aryl methyl sites for hydroxylation is 1. The Morgan fingerprint density at radius 1 is 1.18 bits per heavy atom. The van der Waals surface area contributed by atoms with Crippen LogP contribution in [0.25, 0.3) is 0 Å². The predicted molar refractivity (Wildman–Crippen MR) is 73.3 cm³/mol. The summed E-state index contributed by atoms with van der Waals surface area (Å²) in [6.45, 7) is 2.05. The molecule has 2 nitrogen and oxygen atoms in total. The standard InChI is InChI=1S/C14H11BrN2/c1-10-3-2-4-12(7-10)17-14-6-5-11(9-16)8-13(14)15/h2-8,17H,1H3. The number of nitriles is 1. The van der Waals surface area contributed by atoms with E-state index in [1.807, 2.05) is 18.2 Å². The van der Waals surface area contributed by atoms with Crippen molar-refractivity contribution in [1.29, 1.82) is 5.26 Å². The normalized spacial score (nSPS) is 9.71. The maximum Gasteiger partial charge on any atom is 0.0992 e. The van der Waals surface area contributed by atoms with Crippen LogP contribution in [0.3, 0.4) is 0 Å². The van der Waals surface area contributed by atoms with Gasteiger partial charge < -0.3 is 5.32 Å². The van der Waals surface area contributed by atoms with Crippen molar-refractivity contribution >= 4 is 27.3 Å². The fourth-order valence-electron chi connectivity index (χ4n) is 1.56. The van der Waals surface area contributed by atoms with Gasteiger partial charge in [0, 0.05) is 10.2 Å². The molecular weight excluding hydrogens is 276 g/mol. The molecule has 1 N–H and O–H groups in total. The Labute approximate surface area is 109 Å². The molecule has 0 amide bonds. The van der Waals surface area contributed by atoms with Gasteiger partial charge >= 0.3 is 0 Å². The van der Waals surface area contributed by atoms with Crippen LogP contribution < -0.4 is 5.32 Å². The van der Waals surface area contributed by atoms with Crippen LogP contribution >= 0.6 is 15.9 Å². The first kappa shape index (κ1) is 11.7. The number of hydrogen-bond acceptors (Lipinski definition) is 2. The van der Waals surface area contributed by atoms with Gasteiger partial charge in [-0.05, 0) is 58.7 Å². The highest BCUT2D eigenvalue weighted by molar-refractivity contribution is 9.10. The van der Waals surface area contributed by atoms with Crippen molar-refractivity contribution in [3.63, 3.8) is 0 Å². The molecule has 2 aromatic carbocycles. The first-order chi connectivity index (χ1) is 8.19. The van der Waals surface area contributed by atoms with E-state index in [0.29, 0.717) is 5.56 Å². The lowest BCUT2D eigenvalue weighted by Gasteiger charge is -2.09. The van der Waals surface area contributed by atoms with E-state index in [0.717, 1.165) is 15.8 Å². The van der Waals surface area contributed by atoms with Gasteiger partial charge in [-0.25, -0.2) is 0 Å². The average Bonchev–Trinajstić information content (AvgIpc) is 2.32. The second kappa shape index (κ2) is 5.03. The minimum atomic E-state index is 0.645. The Hall–Kier alpha value is -1.79. The zero-order valence-electron chi connectivity index (χ0n) is 9.37. The summed E-state index contributed by atoms with van der Waals surface area (Å²) in [6, 6.07) is 15.8. The molecule has 17 heavy (non-hydrogen) atoms. The van der Waals surface area contributed by atoms with Crippen LogP contribution in [0.4, 0.5) is 11.4 Å². The maximum absolute atomic E-state index is 8.79. The van der Waals surface area contributed by atoms with Crippen molar-refractivity contribution in [2.75, 3.05) is 5.32 Å². The molecule has 2 aromatic rings. The molecule has 0 atom stereocenters. The molecule has 0 saturated carbocycles. The Balaban J connectivity index is 2.28. The molecule has 0 heterocycles. The zero-order valence-corrected chi connectivity index (χ0v) is 11.0. The first-order valence-electron chi connectivity index (χ1n) is 5.22. The SMILES string of the molecule is Cc1cccc(Nc2ccc(C#N)cc2Br)c1. The fraction of sp³-hybridized carbons (Fsp3) is 0.0714. The van der Waals surface area contributed by atoms with Crippen LogP contribution in [0, 0.1) is 18.3 Å². The van der Waals surface area contributed by atoms with Crippen molar-refractivity contribution in [2.24, 2.45) is 0 Å². The quantitative estimate of drug-likeness (QED) is 0.890. The summed E-state index contributed by atoms with van der Waals surface area (Å²) in [4.78, 5) is 0. The monoisotopic (exact) mass is 286 g/mol. The molecule has 0 aliphatic carbocycles. The van der Waals surface area contributed by atoms with Crippen molar-refractivity contribution in [2.45, 2.75) is 6.92 Å². The van der Waals surface area contributed by atoms with Crippen molar-refractivity contribution in [1.82, 2.24) is 0 Å². The Morgan fingerprint density at radius 2 is 2.00 bits per heavy atom. The zero-order chi connectivity index (χ0) is 12.3. The fourth-order valence-corrected chi connectivity index (χ4v) is 2.04. The van der Waals surface area contributed by atoms with E-state index in [9.17, 15) is 0 Å². The highest BCUT2D eigenvalue weighted by Gasteiger charge is 2.01. The molecule has 0 saturated heterocycles. The van der Waals surface area contributed by atoms with E-state index in [1.54, 1.807) is 12.1 Å². The third-order valence-corrected chi connectivity index (χ3v) is 3.05. The molecule has 3 heteroatoms. The molecule has 0 spiro atoms. The summed E-state index contributed by atoms with van der Waals surface area (Å²) < 4.78 is 0.887. The predicted octanol–water partition coefficient (Wildman–Crippen LogP) is 4.37. The number of nitrogens with one attached hydrogen (secondary N) is 1. The molecule has 84 valence electrons. The van der Waals surface area contributed by atoms with Gasteiger partial charge in [0.1, 0.15) is 0 Å². The third kappa shape index (κ3) is 2.86. The number of anilines is 2. The van der Waals surface area contributed by atoms with Gasteiger partial charge in [-0.3, -0.25) is 0 Å². The number of nitrogens with zero attached hydrogens (tertiary/aromatic N) is 1. The second-order valence-corrected chi connectivity index (χ2v) is 4.66. The molecular formula is C14H11BrN2. The van der Waals surface area contributed by atoms with Crippen molar-refractivity contribution < 1.29 is 0 Å². The summed E-state index contributed by atoms with van der Waals surface area (Å²) in [5.74, 6) is 0. The van der Waals surface area contributed by atoms with Gasteiger partial charge in [0.2, 0.25) is 0 Å². The molecule has 0 radical (unpaired) electrons. The first-order valence-corrected chi connectivity index (χ1v) is 6.01. The van der Waals surface area contributed by atoms with Crippen LogP contribution in [-0.4, -0.2) is 0 Å². The Kier molecular flexibility index (Phi) is 3.46. The number of benzene rings is 2. The van der Waals surface area contributed by atoms with E-state index in [1.165, 1.54) is 5.56 Å². The number of rotatable bonds is 2. The smallest absolute Gasteiger partial charge is 0.0992 e. The van der Waals surface area contributed by atoms with E-state index in [-0.39, 0.29) is 0 Å². The summed E-state index contributed by atoms with van der Waals surface area (Å²) in [5.41, 5.74) is 3.84. The molecule has 2 rings (SSSR count). The molecule has 0 aliphatic heterocycles. The number of hydrogen-bond donors (Lipinski definition) is 1. The topological polar surface area (TPSA) is 35.8 Å². The molecule has 0 bridgehead atoms. The summed E-state index contributed by atoms with van der Waals surface area (Å²) >= 11 is 3.45. The second-order valence-electron chi connectivity index (χ2n) is 3.80. The number of halogens is 1. The minimum absolute atomic E-state index is 0.645. The van der Waals surface area contributed by atoms with E-state index < -0.39 is 0 Å². The summed E-state index contributed by atoms with van der Waals surface area (Å²) in [6.07, 6.45) is 0. The highest BCUT2D eigenvalue weighted by Crippen LogP contribution is 2.27. The lowest BCUT2D eigenvalue weighted by atomic mass is 10.2. The minimum Gasteiger partial charge on any atom is -0.355 e. The van der Waals surface area contributed by atoms with E-state index in [4.69, 9.17) is 5.26 Å². The van der Waals surface area contributed by atoms with Gasteiger partial charge in [0.25, 0.3) is 0 Å². The van der Waals surface area contributed by atoms with Crippen molar-refractivity contribution in [3.8, 4) is 6.07 Å². The highest BCUT2D eigenvalue weighted by atomic mass is 79.9. The Bertz CT molecular complexity index is 585.